The van der Waals surface area contributed by atoms with Gasteiger partial charge in [0, 0.05) is 0 Å². The maximum atomic E-state index is 11.0. The predicted molar refractivity (Wildman–Crippen MR) is 74.9 cm³/mol. The Balaban J connectivity index is 1.99. The van der Waals surface area contributed by atoms with Crippen LogP contribution in [0.2, 0.25) is 0 Å². The van der Waals surface area contributed by atoms with E-state index in [4.69, 9.17) is 0 Å². The van der Waals surface area contributed by atoms with E-state index in [1.54, 1.807) is 6.21 Å². The lowest BCUT2D eigenvalue weighted by Crippen LogP contribution is -2.10. The third-order valence-electron chi connectivity index (χ3n) is 2.21. The van der Waals surface area contributed by atoms with Crippen LogP contribution < -0.4 is 11.0 Å². The average Bonchev–Trinajstić information content (AvgIpc) is 2.40. The SMILES string of the molecule is C/C(C=NNc1nncc(=O)[nH]1)=C\c1ccccc1. The zero-order chi connectivity index (χ0) is 13.5. The van der Waals surface area contributed by atoms with E-state index in [1.807, 2.05) is 43.3 Å². The van der Waals surface area contributed by atoms with E-state index in [9.17, 15) is 4.79 Å². The van der Waals surface area contributed by atoms with E-state index in [0.29, 0.717) is 0 Å². The molecule has 19 heavy (non-hydrogen) atoms. The smallest absolute Gasteiger partial charge is 0.271 e. The zero-order valence-electron chi connectivity index (χ0n) is 10.4. The van der Waals surface area contributed by atoms with Gasteiger partial charge in [0.15, 0.2) is 0 Å². The Morgan fingerprint density at radius 3 is 2.89 bits per heavy atom. The summed E-state index contributed by atoms with van der Waals surface area (Å²) in [6.07, 6.45) is 4.72. The van der Waals surface area contributed by atoms with Crippen molar-refractivity contribution in [2.45, 2.75) is 6.92 Å². The van der Waals surface area contributed by atoms with E-state index in [1.165, 1.54) is 0 Å². The lowest BCUT2D eigenvalue weighted by Gasteiger charge is -1.97. The number of nitrogens with zero attached hydrogens (tertiary/aromatic N) is 3. The summed E-state index contributed by atoms with van der Waals surface area (Å²) >= 11 is 0. The monoisotopic (exact) mass is 255 g/mol. The normalized spacial score (nSPS) is 11.7. The first-order valence-corrected chi connectivity index (χ1v) is 5.68. The number of nitrogens with one attached hydrogen (secondary N) is 2. The van der Waals surface area contributed by atoms with Crippen molar-refractivity contribution in [3.8, 4) is 0 Å². The molecular formula is C13H13N5O. The standard InChI is InChI=1S/C13H13N5O/c1-10(7-11-5-3-2-4-6-11)8-14-17-13-16-12(19)9-15-18-13/h2-9H,1H3,(H2,16,17,18,19)/b10-7+,14-8?. The van der Waals surface area contributed by atoms with E-state index < -0.39 is 0 Å². The second-order valence-corrected chi connectivity index (χ2v) is 3.85. The highest BCUT2D eigenvalue weighted by Gasteiger charge is 1.92. The number of aromatic amines is 1. The van der Waals surface area contributed by atoms with Gasteiger partial charge >= 0.3 is 0 Å². The highest BCUT2D eigenvalue weighted by molar-refractivity contribution is 5.85. The van der Waals surface area contributed by atoms with Crippen molar-refractivity contribution in [1.29, 1.82) is 0 Å². The molecule has 1 aromatic carbocycles. The predicted octanol–water partition coefficient (Wildman–Crippen LogP) is 1.67. The molecule has 1 aromatic heterocycles. The Morgan fingerprint density at radius 2 is 2.16 bits per heavy atom. The zero-order valence-corrected chi connectivity index (χ0v) is 10.4. The van der Waals surface area contributed by atoms with Crippen molar-refractivity contribution < 1.29 is 0 Å². The van der Waals surface area contributed by atoms with Gasteiger partial charge in [-0.3, -0.25) is 9.78 Å². The molecule has 0 atom stereocenters. The molecule has 0 unspecified atom stereocenters. The molecule has 2 rings (SSSR count). The van der Waals surface area contributed by atoms with Crippen LogP contribution in [0, 0.1) is 0 Å². The summed E-state index contributed by atoms with van der Waals surface area (Å²) in [6.45, 7) is 1.93. The van der Waals surface area contributed by atoms with E-state index in [-0.39, 0.29) is 11.5 Å². The summed E-state index contributed by atoms with van der Waals surface area (Å²) in [4.78, 5) is 13.4. The molecule has 96 valence electrons. The number of benzene rings is 1. The Hall–Kier alpha value is -2.76. The molecule has 0 saturated carbocycles. The Morgan fingerprint density at radius 1 is 1.37 bits per heavy atom. The van der Waals surface area contributed by atoms with Gasteiger partial charge < -0.3 is 0 Å². The number of aromatic nitrogens is 3. The molecule has 0 bridgehead atoms. The van der Waals surface area contributed by atoms with Crippen LogP contribution in [0.5, 0.6) is 0 Å². The summed E-state index contributed by atoms with van der Waals surface area (Å²) in [5.74, 6) is 0.205. The molecule has 0 radical (unpaired) electrons. The first-order valence-electron chi connectivity index (χ1n) is 5.68. The summed E-state index contributed by atoms with van der Waals surface area (Å²) in [5.41, 5.74) is 4.33. The second-order valence-electron chi connectivity index (χ2n) is 3.85. The van der Waals surface area contributed by atoms with Gasteiger partial charge in [0.25, 0.3) is 5.56 Å². The van der Waals surface area contributed by atoms with Gasteiger partial charge in [-0.15, -0.1) is 10.2 Å². The van der Waals surface area contributed by atoms with Gasteiger partial charge in [0.2, 0.25) is 5.95 Å². The largest absolute Gasteiger partial charge is 0.289 e. The molecule has 0 aliphatic rings. The molecule has 2 aromatic rings. The van der Waals surface area contributed by atoms with Crippen molar-refractivity contribution in [2.75, 3.05) is 5.43 Å². The van der Waals surface area contributed by atoms with Gasteiger partial charge in [0.1, 0.15) is 6.20 Å². The highest BCUT2D eigenvalue weighted by Crippen LogP contribution is 2.04. The maximum Gasteiger partial charge on any atom is 0.271 e. The van der Waals surface area contributed by atoms with Crippen molar-refractivity contribution in [3.05, 3.63) is 58.0 Å². The topological polar surface area (TPSA) is 83.0 Å². The fourth-order valence-electron chi connectivity index (χ4n) is 1.41. The fourth-order valence-corrected chi connectivity index (χ4v) is 1.41. The second kappa shape index (κ2) is 6.25. The molecule has 0 aliphatic carbocycles. The van der Waals surface area contributed by atoms with Gasteiger partial charge in [-0.2, -0.15) is 5.10 Å². The molecule has 0 fully saturated rings. The maximum absolute atomic E-state index is 11.0. The number of anilines is 1. The molecule has 1 heterocycles. The summed E-state index contributed by atoms with van der Waals surface area (Å²) in [5, 5.41) is 11.1. The van der Waals surface area contributed by atoms with Crippen LogP contribution in [0.4, 0.5) is 5.95 Å². The van der Waals surface area contributed by atoms with Gasteiger partial charge in [-0.25, -0.2) is 5.43 Å². The van der Waals surface area contributed by atoms with Crippen LogP contribution >= 0.6 is 0 Å². The lowest BCUT2D eigenvalue weighted by molar-refractivity contribution is 0.939. The van der Waals surface area contributed by atoms with E-state index in [2.05, 4.69) is 25.7 Å². The van der Waals surface area contributed by atoms with Crippen molar-refractivity contribution >= 4 is 18.2 Å². The van der Waals surface area contributed by atoms with E-state index in [0.717, 1.165) is 17.3 Å². The minimum atomic E-state index is -0.329. The number of rotatable bonds is 4. The van der Waals surface area contributed by atoms with Gasteiger partial charge in [-0.05, 0) is 18.1 Å². The Labute approximate surface area is 109 Å². The molecule has 0 spiro atoms. The third-order valence-corrected chi connectivity index (χ3v) is 2.21. The minimum absolute atomic E-state index is 0.205. The van der Waals surface area contributed by atoms with Crippen LogP contribution in [-0.4, -0.2) is 21.4 Å². The number of hydrogen-bond acceptors (Lipinski definition) is 5. The van der Waals surface area contributed by atoms with Crippen LogP contribution in [0.1, 0.15) is 12.5 Å². The molecule has 0 amide bonds. The van der Waals surface area contributed by atoms with Crippen LogP contribution in [-0.2, 0) is 0 Å². The van der Waals surface area contributed by atoms with Crippen LogP contribution in [0.3, 0.4) is 0 Å². The minimum Gasteiger partial charge on any atom is -0.289 e. The molecule has 6 heteroatoms. The van der Waals surface area contributed by atoms with Gasteiger partial charge in [0.05, 0.1) is 6.21 Å². The van der Waals surface area contributed by atoms with Crippen LogP contribution in [0.15, 0.2) is 52.0 Å². The van der Waals surface area contributed by atoms with Crippen molar-refractivity contribution in [1.82, 2.24) is 15.2 Å². The highest BCUT2D eigenvalue weighted by atomic mass is 16.1. The fraction of sp³-hybridized carbons (Fsp3) is 0.0769. The summed E-state index contributed by atoms with van der Waals surface area (Å²) < 4.78 is 0. The van der Waals surface area contributed by atoms with Gasteiger partial charge in [-0.1, -0.05) is 36.4 Å². The summed E-state index contributed by atoms with van der Waals surface area (Å²) in [6, 6.07) is 9.92. The number of hydrogen-bond donors (Lipinski definition) is 2. The first-order chi connectivity index (χ1) is 9.24. The molecule has 2 N–H and O–H groups in total. The number of hydrazone groups is 1. The first kappa shape index (κ1) is 12.7. The Kier molecular flexibility index (Phi) is 4.17. The number of allylic oxidation sites excluding steroid dienone is 1. The molecule has 0 aliphatic heterocycles. The van der Waals surface area contributed by atoms with Crippen LogP contribution in [0.25, 0.3) is 6.08 Å². The third kappa shape index (κ3) is 4.19. The number of H-pyrrole nitrogens is 1. The summed E-state index contributed by atoms with van der Waals surface area (Å²) in [7, 11) is 0. The lowest BCUT2D eigenvalue weighted by atomic mass is 10.1. The Bertz CT molecular complexity index is 645. The van der Waals surface area contributed by atoms with Crippen molar-refractivity contribution in [3.63, 3.8) is 0 Å². The average molecular weight is 255 g/mol. The van der Waals surface area contributed by atoms with E-state index >= 15 is 0 Å². The van der Waals surface area contributed by atoms with Crippen molar-refractivity contribution in [2.24, 2.45) is 5.10 Å². The molecule has 6 nitrogen and oxygen atoms in total. The molecule has 0 saturated heterocycles. The quantitative estimate of drug-likeness (QED) is 0.643. The molecular weight excluding hydrogens is 242 g/mol.